The van der Waals surface area contributed by atoms with E-state index in [1.54, 1.807) is 7.11 Å². The molecule has 0 radical (unpaired) electrons. The molecule has 5 heteroatoms. The molecule has 2 aliphatic rings. The average Bonchev–Trinajstić information content (AvgIpc) is 2.48. The first-order valence-electron chi connectivity index (χ1n) is 8.79. The number of carbonyl (C=O) groups is 1. The number of piperidine rings is 2. The van der Waals surface area contributed by atoms with Gasteiger partial charge in [-0.25, -0.2) is 0 Å². The zero-order valence-electron chi connectivity index (χ0n) is 14.5. The van der Waals surface area contributed by atoms with Gasteiger partial charge in [-0.2, -0.15) is 0 Å². The van der Waals surface area contributed by atoms with Crippen LogP contribution in [0.4, 0.5) is 0 Å². The summed E-state index contributed by atoms with van der Waals surface area (Å²) < 4.78 is 5.35. The minimum Gasteiger partial charge on any atom is -0.384 e. The summed E-state index contributed by atoms with van der Waals surface area (Å²) >= 11 is 0. The third kappa shape index (κ3) is 4.67. The Morgan fingerprint density at radius 3 is 2.82 bits per heavy atom. The average molecular weight is 311 g/mol. The van der Waals surface area contributed by atoms with E-state index in [0.717, 1.165) is 51.5 Å². The van der Waals surface area contributed by atoms with E-state index in [1.807, 2.05) is 0 Å². The lowest BCUT2D eigenvalue weighted by Crippen LogP contribution is -2.54. The highest BCUT2D eigenvalue weighted by Gasteiger charge is 2.40. The number of hydrogen-bond acceptors (Lipinski definition) is 4. The van der Waals surface area contributed by atoms with Gasteiger partial charge in [0, 0.05) is 26.2 Å². The van der Waals surface area contributed by atoms with Crippen molar-refractivity contribution in [2.24, 2.45) is 11.3 Å². The van der Waals surface area contributed by atoms with Crippen molar-refractivity contribution < 1.29 is 9.53 Å². The highest BCUT2D eigenvalue weighted by Crippen LogP contribution is 2.29. The van der Waals surface area contributed by atoms with E-state index in [4.69, 9.17) is 4.74 Å². The number of hydrogen-bond donors (Lipinski definition) is 2. The first-order valence-corrected chi connectivity index (χ1v) is 8.79. The van der Waals surface area contributed by atoms with Crippen molar-refractivity contribution in [3.05, 3.63) is 0 Å². The van der Waals surface area contributed by atoms with Gasteiger partial charge in [-0.15, -0.1) is 0 Å². The molecule has 0 aromatic heterocycles. The van der Waals surface area contributed by atoms with Crippen LogP contribution in [-0.2, 0) is 9.53 Å². The number of amides is 1. The van der Waals surface area contributed by atoms with Crippen molar-refractivity contribution in [3.63, 3.8) is 0 Å². The zero-order chi connectivity index (χ0) is 16.0. The van der Waals surface area contributed by atoms with Crippen LogP contribution >= 0.6 is 0 Å². The normalized spacial score (nSPS) is 27.3. The highest BCUT2D eigenvalue weighted by atomic mass is 16.5. The topological polar surface area (TPSA) is 53.6 Å². The molecule has 0 aromatic rings. The Morgan fingerprint density at radius 2 is 2.18 bits per heavy atom. The van der Waals surface area contributed by atoms with Crippen molar-refractivity contribution in [3.8, 4) is 0 Å². The zero-order valence-corrected chi connectivity index (χ0v) is 14.5. The standard InChI is InChI=1S/C17H33N3O2/c1-14-5-4-10-20(11-14)12-15(2)19-16(21)17(13-22-3)6-8-18-9-7-17/h14-15,18H,4-13H2,1-3H3,(H,19,21). The van der Waals surface area contributed by atoms with E-state index in [0.29, 0.717) is 6.61 Å². The van der Waals surface area contributed by atoms with Crippen LogP contribution in [0, 0.1) is 11.3 Å². The largest absolute Gasteiger partial charge is 0.384 e. The number of nitrogens with one attached hydrogen (secondary N) is 2. The molecule has 5 nitrogen and oxygen atoms in total. The minimum absolute atomic E-state index is 0.174. The maximum Gasteiger partial charge on any atom is 0.228 e. The summed E-state index contributed by atoms with van der Waals surface area (Å²) in [6, 6.07) is 0.196. The Labute approximate surface area is 135 Å². The highest BCUT2D eigenvalue weighted by molar-refractivity contribution is 5.83. The molecule has 1 amide bonds. The van der Waals surface area contributed by atoms with Gasteiger partial charge in [-0.3, -0.25) is 4.79 Å². The molecule has 2 heterocycles. The first kappa shape index (κ1) is 17.7. The molecule has 2 unspecified atom stereocenters. The smallest absolute Gasteiger partial charge is 0.228 e. The van der Waals surface area contributed by atoms with Gasteiger partial charge in [0.1, 0.15) is 0 Å². The van der Waals surface area contributed by atoms with E-state index in [-0.39, 0.29) is 17.4 Å². The number of nitrogens with zero attached hydrogens (tertiary/aromatic N) is 1. The number of ether oxygens (including phenoxy) is 1. The quantitative estimate of drug-likeness (QED) is 0.775. The van der Waals surface area contributed by atoms with Crippen LogP contribution in [0.5, 0.6) is 0 Å². The third-order valence-electron chi connectivity index (χ3n) is 5.11. The van der Waals surface area contributed by atoms with Crippen molar-refractivity contribution in [2.45, 2.75) is 45.6 Å². The third-order valence-corrected chi connectivity index (χ3v) is 5.11. The van der Waals surface area contributed by atoms with Gasteiger partial charge in [0.25, 0.3) is 0 Å². The Morgan fingerprint density at radius 1 is 1.45 bits per heavy atom. The van der Waals surface area contributed by atoms with Crippen LogP contribution in [0.1, 0.15) is 39.5 Å². The molecule has 0 spiro atoms. The van der Waals surface area contributed by atoms with Crippen molar-refractivity contribution in [2.75, 3.05) is 46.4 Å². The molecular formula is C17H33N3O2. The second-order valence-electron chi connectivity index (χ2n) is 7.34. The summed E-state index contributed by atoms with van der Waals surface area (Å²) in [6.07, 6.45) is 4.34. The Kier molecular flexibility index (Phi) is 6.66. The number of likely N-dealkylation sites (tertiary alicyclic amines) is 1. The molecule has 2 saturated heterocycles. The lowest BCUT2D eigenvalue weighted by molar-refractivity contribution is -0.137. The molecule has 2 N–H and O–H groups in total. The second-order valence-corrected chi connectivity index (χ2v) is 7.34. The molecule has 0 saturated carbocycles. The van der Waals surface area contributed by atoms with E-state index in [9.17, 15) is 4.79 Å². The Hall–Kier alpha value is -0.650. The fourth-order valence-electron chi connectivity index (χ4n) is 3.88. The van der Waals surface area contributed by atoms with Crippen molar-refractivity contribution >= 4 is 5.91 Å². The molecule has 0 bridgehead atoms. The van der Waals surface area contributed by atoms with E-state index < -0.39 is 0 Å². The molecule has 22 heavy (non-hydrogen) atoms. The molecule has 0 aliphatic carbocycles. The maximum absolute atomic E-state index is 12.8. The molecule has 2 aliphatic heterocycles. The molecule has 0 aromatic carbocycles. The summed E-state index contributed by atoms with van der Waals surface area (Å²) in [6.45, 7) is 10.0. The molecule has 2 atom stereocenters. The van der Waals surface area contributed by atoms with Crippen LogP contribution in [-0.4, -0.2) is 63.3 Å². The Bertz CT molecular complexity index is 350. The molecule has 128 valence electrons. The van der Waals surface area contributed by atoms with Gasteiger partial charge in [0.2, 0.25) is 5.91 Å². The monoisotopic (exact) mass is 311 g/mol. The van der Waals surface area contributed by atoms with Crippen LogP contribution in [0.2, 0.25) is 0 Å². The summed E-state index contributed by atoms with van der Waals surface area (Å²) in [4.78, 5) is 15.3. The van der Waals surface area contributed by atoms with Gasteiger partial charge in [-0.1, -0.05) is 6.92 Å². The van der Waals surface area contributed by atoms with E-state index in [2.05, 4.69) is 29.4 Å². The van der Waals surface area contributed by atoms with Crippen LogP contribution in [0.25, 0.3) is 0 Å². The van der Waals surface area contributed by atoms with Crippen LogP contribution < -0.4 is 10.6 Å². The molecule has 2 fully saturated rings. The van der Waals surface area contributed by atoms with Crippen molar-refractivity contribution in [1.82, 2.24) is 15.5 Å². The van der Waals surface area contributed by atoms with Crippen molar-refractivity contribution in [1.29, 1.82) is 0 Å². The minimum atomic E-state index is -0.344. The SMILES string of the molecule is COCC1(C(=O)NC(C)CN2CCCC(C)C2)CCNCC1. The van der Waals surface area contributed by atoms with Crippen LogP contribution in [0.3, 0.4) is 0 Å². The molecule has 2 rings (SSSR count). The lowest BCUT2D eigenvalue weighted by atomic mass is 9.78. The van der Waals surface area contributed by atoms with Gasteiger partial charge in [0.15, 0.2) is 0 Å². The predicted molar refractivity (Wildman–Crippen MR) is 88.9 cm³/mol. The van der Waals surface area contributed by atoms with Gasteiger partial charge >= 0.3 is 0 Å². The lowest BCUT2D eigenvalue weighted by Gasteiger charge is -2.37. The number of rotatable bonds is 6. The number of carbonyl (C=O) groups excluding carboxylic acids is 1. The summed E-state index contributed by atoms with van der Waals surface area (Å²) in [5, 5.41) is 6.58. The van der Waals surface area contributed by atoms with Crippen LogP contribution in [0.15, 0.2) is 0 Å². The van der Waals surface area contributed by atoms with Gasteiger partial charge < -0.3 is 20.3 Å². The summed E-state index contributed by atoms with van der Waals surface area (Å²) in [5.41, 5.74) is -0.344. The molecular weight excluding hydrogens is 278 g/mol. The van der Waals surface area contributed by atoms with E-state index >= 15 is 0 Å². The summed E-state index contributed by atoms with van der Waals surface area (Å²) in [5.74, 6) is 0.953. The fraction of sp³-hybridized carbons (Fsp3) is 0.941. The van der Waals surface area contributed by atoms with Gasteiger partial charge in [0.05, 0.1) is 12.0 Å². The second kappa shape index (κ2) is 8.27. The fourth-order valence-corrected chi connectivity index (χ4v) is 3.88. The van der Waals surface area contributed by atoms with Gasteiger partial charge in [-0.05, 0) is 58.2 Å². The van der Waals surface area contributed by atoms with E-state index in [1.165, 1.54) is 12.8 Å². The Balaban J connectivity index is 1.85. The maximum atomic E-state index is 12.8. The predicted octanol–water partition coefficient (Wildman–Crippen LogP) is 1.24. The first-order chi connectivity index (χ1) is 10.6. The summed E-state index contributed by atoms with van der Waals surface area (Å²) in [7, 11) is 1.69. The number of methoxy groups -OCH3 is 1.